The van der Waals surface area contributed by atoms with E-state index in [0.29, 0.717) is 0 Å². The van der Waals surface area contributed by atoms with Crippen LogP contribution in [-0.2, 0) is 11.2 Å². The van der Waals surface area contributed by atoms with Crippen molar-refractivity contribution in [3.63, 3.8) is 0 Å². The average molecular weight is 349 g/mol. The van der Waals surface area contributed by atoms with Crippen LogP contribution in [-0.4, -0.2) is 41.8 Å². The van der Waals surface area contributed by atoms with Gasteiger partial charge in [-0.1, -0.05) is 30.3 Å². The maximum Gasteiger partial charge on any atom is 0.315 e. The molecule has 0 saturated carbocycles. The molecule has 2 aliphatic heterocycles. The SMILES string of the molecule is C[C@H](CCc1ccccc1)NC(=O)N[C@H]1CCO[C@@]2(CCSC2)C1. The highest BCUT2D eigenvalue weighted by Gasteiger charge is 2.40. The summed E-state index contributed by atoms with van der Waals surface area (Å²) >= 11 is 1.96. The Kier molecular flexibility index (Phi) is 6.06. The number of thioether (sulfide) groups is 1. The topological polar surface area (TPSA) is 50.4 Å². The van der Waals surface area contributed by atoms with E-state index in [2.05, 4.69) is 41.8 Å². The summed E-state index contributed by atoms with van der Waals surface area (Å²) in [5, 5.41) is 6.24. The zero-order valence-corrected chi connectivity index (χ0v) is 15.2. The zero-order chi connectivity index (χ0) is 16.8. The zero-order valence-electron chi connectivity index (χ0n) is 14.4. The van der Waals surface area contributed by atoms with Crippen LogP contribution in [0, 0.1) is 0 Å². The number of rotatable bonds is 5. The van der Waals surface area contributed by atoms with Gasteiger partial charge in [-0.15, -0.1) is 0 Å². The fraction of sp³-hybridized carbons (Fsp3) is 0.632. The molecule has 132 valence electrons. The van der Waals surface area contributed by atoms with E-state index in [4.69, 9.17) is 4.74 Å². The second kappa shape index (κ2) is 8.26. The molecule has 3 atom stereocenters. The van der Waals surface area contributed by atoms with Crippen molar-refractivity contribution in [1.82, 2.24) is 10.6 Å². The number of hydrogen-bond acceptors (Lipinski definition) is 3. The highest BCUT2D eigenvalue weighted by molar-refractivity contribution is 7.99. The lowest BCUT2D eigenvalue weighted by Crippen LogP contribution is -2.52. The third-order valence-electron chi connectivity index (χ3n) is 4.98. The van der Waals surface area contributed by atoms with E-state index in [-0.39, 0.29) is 23.7 Å². The number of amides is 2. The third-order valence-corrected chi connectivity index (χ3v) is 6.20. The van der Waals surface area contributed by atoms with Crippen LogP contribution in [0.1, 0.15) is 38.2 Å². The molecule has 2 saturated heterocycles. The molecule has 2 N–H and O–H groups in total. The molecule has 2 aliphatic rings. The Bertz CT molecular complexity index is 531. The summed E-state index contributed by atoms with van der Waals surface area (Å²) in [7, 11) is 0. The number of nitrogens with one attached hydrogen (secondary N) is 2. The fourth-order valence-electron chi connectivity index (χ4n) is 3.57. The minimum atomic E-state index is -0.0386. The first kappa shape index (κ1) is 17.6. The third kappa shape index (κ3) is 4.90. The summed E-state index contributed by atoms with van der Waals surface area (Å²) in [4.78, 5) is 12.3. The van der Waals surface area contributed by atoms with Crippen molar-refractivity contribution in [1.29, 1.82) is 0 Å². The van der Waals surface area contributed by atoms with Gasteiger partial charge in [0.05, 0.1) is 5.60 Å². The fourth-order valence-corrected chi connectivity index (χ4v) is 4.94. The lowest BCUT2D eigenvalue weighted by atomic mass is 9.90. The van der Waals surface area contributed by atoms with Crippen LogP contribution in [0.25, 0.3) is 0 Å². The molecule has 0 aliphatic carbocycles. The second-order valence-corrected chi connectivity index (χ2v) is 8.17. The van der Waals surface area contributed by atoms with Crippen molar-refractivity contribution in [3.05, 3.63) is 35.9 Å². The highest BCUT2D eigenvalue weighted by atomic mass is 32.2. The van der Waals surface area contributed by atoms with E-state index in [1.165, 1.54) is 11.3 Å². The van der Waals surface area contributed by atoms with Crippen LogP contribution >= 0.6 is 11.8 Å². The molecule has 5 heteroatoms. The molecule has 0 aromatic heterocycles. The summed E-state index contributed by atoms with van der Waals surface area (Å²) in [5.74, 6) is 2.25. The molecule has 1 spiro atoms. The summed E-state index contributed by atoms with van der Waals surface area (Å²) < 4.78 is 6.01. The van der Waals surface area contributed by atoms with Crippen LogP contribution in [0.5, 0.6) is 0 Å². The number of urea groups is 1. The van der Waals surface area contributed by atoms with Gasteiger partial charge in [0.15, 0.2) is 0 Å². The smallest absolute Gasteiger partial charge is 0.315 e. The van der Waals surface area contributed by atoms with E-state index in [1.54, 1.807) is 0 Å². The quantitative estimate of drug-likeness (QED) is 0.858. The Balaban J connectivity index is 1.40. The Morgan fingerprint density at radius 3 is 3.00 bits per heavy atom. The van der Waals surface area contributed by atoms with Crippen molar-refractivity contribution >= 4 is 17.8 Å². The summed E-state index contributed by atoms with van der Waals surface area (Å²) in [5.41, 5.74) is 1.33. The maximum absolute atomic E-state index is 12.3. The number of ether oxygens (including phenoxy) is 1. The molecule has 4 nitrogen and oxygen atoms in total. The van der Waals surface area contributed by atoms with E-state index in [1.807, 2.05) is 17.8 Å². The van der Waals surface area contributed by atoms with Gasteiger partial charge in [0.1, 0.15) is 0 Å². The minimum absolute atomic E-state index is 0.0137. The number of hydrogen-bond donors (Lipinski definition) is 2. The van der Waals surface area contributed by atoms with Gasteiger partial charge in [0.25, 0.3) is 0 Å². The van der Waals surface area contributed by atoms with Crippen molar-refractivity contribution in [2.45, 2.75) is 56.7 Å². The Morgan fingerprint density at radius 1 is 1.42 bits per heavy atom. The van der Waals surface area contributed by atoms with E-state index < -0.39 is 0 Å². The Hall–Kier alpha value is -1.20. The highest BCUT2D eigenvalue weighted by Crippen LogP contribution is 2.38. The van der Waals surface area contributed by atoms with Gasteiger partial charge in [-0.05, 0) is 50.3 Å². The standard InChI is InChI=1S/C19H28N2O2S/c1-15(7-8-16-5-3-2-4-6-16)20-18(22)21-17-9-11-23-19(13-17)10-12-24-14-19/h2-6,15,17H,7-14H2,1H3,(H2,20,21,22)/t15-,17+,19+/m1/s1. The summed E-state index contributed by atoms with van der Waals surface area (Å²) in [6.07, 6.45) is 4.92. The molecular weight excluding hydrogens is 320 g/mol. The predicted octanol–water partition coefficient (Wildman–Crippen LogP) is 3.36. The first-order valence-electron chi connectivity index (χ1n) is 8.98. The molecule has 0 radical (unpaired) electrons. The van der Waals surface area contributed by atoms with Gasteiger partial charge >= 0.3 is 6.03 Å². The monoisotopic (exact) mass is 348 g/mol. The molecule has 0 bridgehead atoms. The van der Waals surface area contributed by atoms with Gasteiger partial charge < -0.3 is 15.4 Å². The van der Waals surface area contributed by atoms with Crippen LogP contribution in [0.4, 0.5) is 4.79 Å². The van der Waals surface area contributed by atoms with Crippen molar-refractivity contribution in [2.24, 2.45) is 0 Å². The number of benzene rings is 1. The van der Waals surface area contributed by atoms with Crippen LogP contribution in [0.15, 0.2) is 30.3 Å². The molecule has 2 heterocycles. The molecule has 1 aromatic rings. The summed E-state index contributed by atoms with van der Waals surface area (Å²) in [6, 6.07) is 10.8. The van der Waals surface area contributed by atoms with Gasteiger partial charge in [-0.25, -0.2) is 4.79 Å². The first-order valence-corrected chi connectivity index (χ1v) is 10.1. The second-order valence-electron chi connectivity index (χ2n) is 7.07. The van der Waals surface area contributed by atoms with E-state index >= 15 is 0 Å². The van der Waals surface area contributed by atoms with Crippen molar-refractivity contribution in [3.8, 4) is 0 Å². The normalized spacial score (nSPS) is 27.8. The summed E-state index contributed by atoms with van der Waals surface area (Å²) in [6.45, 7) is 2.83. The number of carbonyl (C=O) groups excluding carboxylic acids is 1. The van der Waals surface area contributed by atoms with Crippen LogP contribution < -0.4 is 10.6 Å². The van der Waals surface area contributed by atoms with Gasteiger partial charge in [0, 0.05) is 24.4 Å². The van der Waals surface area contributed by atoms with Gasteiger partial charge in [-0.2, -0.15) is 11.8 Å². The molecule has 24 heavy (non-hydrogen) atoms. The Labute approximate surface area is 149 Å². The van der Waals surface area contributed by atoms with Crippen LogP contribution in [0.2, 0.25) is 0 Å². The van der Waals surface area contributed by atoms with Crippen LogP contribution in [0.3, 0.4) is 0 Å². The average Bonchev–Trinajstić information content (AvgIpc) is 3.01. The largest absolute Gasteiger partial charge is 0.374 e. The maximum atomic E-state index is 12.3. The number of aryl methyl sites for hydroxylation is 1. The Morgan fingerprint density at radius 2 is 2.25 bits per heavy atom. The molecule has 1 aromatic carbocycles. The molecule has 2 amide bonds. The number of carbonyl (C=O) groups is 1. The van der Waals surface area contributed by atoms with E-state index in [9.17, 15) is 4.79 Å². The van der Waals surface area contributed by atoms with E-state index in [0.717, 1.165) is 44.5 Å². The lowest BCUT2D eigenvalue weighted by Gasteiger charge is -2.38. The molecular formula is C19H28N2O2S. The molecule has 3 rings (SSSR count). The minimum Gasteiger partial charge on any atom is -0.374 e. The van der Waals surface area contributed by atoms with Gasteiger partial charge in [0.2, 0.25) is 0 Å². The van der Waals surface area contributed by atoms with Gasteiger partial charge in [-0.3, -0.25) is 0 Å². The first-order chi connectivity index (χ1) is 11.7. The molecule has 0 unspecified atom stereocenters. The molecule has 2 fully saturated rings. The lowest BCUT2D eigenvalue weighted by molar-refractivity contribution is -0.0684. The predicted molar refractivity (Wildman–Crippen MR) is 99.5 cm³/mol. The van der Waals surface area contributed by atoms with Crippen molar-refractivity contribution in [2.75, 3.05) is 18.1 Å². The van der Waals surface area contributed by atoms with Crippen molar-refractivity contribution < 1.29 is 9.53 Å².